The van der Waals surface area contributed by atoms with Crippen LogP contribution in [-0.4, -0.2) is 5.91 Å². The van der Waals surface area contributed by atoms with Gasteiger partial charge in [0.15, 0.2) is 11.6 Å². The number of fused-ring (bicyclic) bond motifs is 1. The SMILES string of the molecule is O=C1N[C@@H](c2ccc(F)c(F)c2)Nc2ccccc21. The number of para-hydroxylation sites is 1. The number of carbonyl (C=O) groups excluding carboxylic acids is 1. The molecule has 5 heteroatoms. The van der Waals surface area contributed by atoms with Gasteiger partial charge in [-0.1, -0.05) is 18.2 Å². The van der Waals surface area contributed by atoms with Gasteiger partial charge in [0.05, 0.1) is 5.56 Å². The van der Waals surface area contributed by atoms with Crippen LogP contribution in [-0.2, 0) is 0 Å². The Morgan fingerprint density at radius 2 is 1.74 bits per heavy atom. The van der Waals surface area contributed by atoms with Crippen molar-refractivity contribution in [2.24, 2.45) is 0 Å². The smallest absolute Gasteiger partial charge is 0.255 e. The maximum Gasteiger partial charge on any atom is 0.255 e. The highest BCUT2D eigenvalue weighted by Crippen LogP contribution is 2.26. The standard InChI is InChI=1S/C14H10F2N2O/c15-10-6-5-8(7-11(10)16)13-17-12-4-2-1-3-9(12)14(19)18-13/h1-7,13,17H,(H,18,19)/t13-/m0/s1. The summed E-state index contributed by atoms with van der Waals surface area (Å²) in [4.78, 5) is 11.9. The maximum atomic E-state index is 13.2. The number of benzene rings is 2. The molecule has 2 aromatic carbocycles. The minimum absolute atomic E-state index is 0.246. The number of halogens is 2. The van der Waals surface area contributed by atoms with Gasteiger partial charge < -0.3 is 10.6 Å². The summed E-state index contributed by atoms with van der Waals surface area (Å²) in [5.74, 6) is -2.09. The summed E-state index contributed by atoms with van der Waals surface area (Å²) < 4.78 is 26.1. The number of hydrogen-bond donors (Lipinski definition) is 2. The molecule has 3 nitrogen and oxygen atoms in total. The van der Waals surface area contributed by atoms with Crippen molar-refractivity contribution in [2.45, 2.75) is 6.17 Å². The summed E-state index contributed by atoms with van der Waals surface area (Å²) in [6, 6.07) is 10.6. The van der Waals surface area contributed by atoms with E-state index in [0.717, 1.165) is 12.1 Å². The van der Waals surface area contributed by atoms with Crippen LogP contribution in [0.5, 0.6) is 0 Å². The summed E-state index contributed by atoms with van der Waals surface area (Å²) in [6.45, 7) is 0. The predicted molar refractivity (Wildman–Crippen MR) is 66.6 cm³/mol. The van der Waals surface area contributed by atoms with E-state index >= 15 is 0 Å². The van der Waals surface area contributed by atoms with Gasteiger partial charge in [-0.2, -0.15) is 0 Å². The second-order valence-corrected chi connectivity index (χ2v) is 4.27. The third-order valence-electron chi connectivity index (χ3n) is 3.02. The van der Waals surface area contributed by atoms with Gasteiger partial charge in [-0.25, -0.2) is 8.78 Å². The Labute approximate surface area is 108 Å². The lowest BCUT2D eigenvalue weighted by Gasteiger charge is -2.28. The fraction of sp³-hybridized carbons (Fsp3) is 0.0714. The van der Waals surface area contributed by atoms with Gasteiger partial charge in [-0.3, -0.25) is 4.79 Å². The minimum atomic E-state index is -0.938. The Kier molecular flexibility index (Phi) is 2.67. The summed E-state index contributed by atoms with van der Waals surface area (Å²) in [7, 11) is 0. The Bertz CT molecular complexity index is 658. The normalized spacial score (nSPS) is 17.4. The van der Waals surface area contributed by atoms with E-state index in [4.69, 9.17) is 0 Å². The molecule has 1 amide bonds. The van der Waals surface area contributed by atoms with E-state index in [1.807, 2.05) is 0 Å². The first-order valence-corrected chi connectivity index (χ1v) is 5.76. The molecule has 3 rings (SSSR count). The van der Waals surface area contributed by atoms with Gasteiger partial charge in [0.25, 0.3) is 5.91 Å². The third kappa shape index (κ3) is 2.03. The van der Waals surface area contributed by atoms with Crippen molar-refractivity contribution in [2.75, 3.05) is 5.32 Å². The van der Waals surface area contributed by atoms with Crippen molar-refractivity contribution in [3.8, 4) is 0 Å². The van der Waals surface area contributed by atoms with Crippen LogP contribution in [0.2, 0.25) is 0 Å². The lowest BCUT2D eigenvalue weighted by atomic mass is 10.1. The highest BCUT2D eigenvalue weighted by atomic mass is 19.2. The molecule has 2 aromatic rings. The molecular formula is C14H10F2N2O. The zero-order valence-corrected chi connectivity index (χ0v) is 9.78. The predicted octanol–water partition coefficient (Wildman–Crippen LogP) is 2.82. The number of carbonyl (C=O) groups is 1. The highest BCUT2D eigenvalue weighted by Gasteiger charge is 2.24. The Morgan fingerprint density at radius 3 is 2.53 bits per heavy atom. The first kappa shape index (κ1) is 11.6. The second kappa shape index (κ2) is 4.35. The molecule has 0 spiro atoms. The number of rotatable bonds is 1. The van der Waals surface area contributed by atoms with E-state index in [9.17, 15) is 13.6 Å². The van der Waals surface area contributed by atoms with Crippen LogP contribution >= 0.6 is 0 Å². The molecular weight excluding hydrogens is 250 g/mol. The van der Waals surface area contributed by atoms with Crippen LogP contribution in [0.4, 0.5) is 14.5 Å². The van der Waals surface area contributed by atoms with Crippen molar-refractivity contribution in [3.05, 3.63) is 65.2 Å². The molecule has 2 N–H and O–H groups in total. The zero-order valence-electron chi connectivity index (χ0n) is 9.78. The molecule has 0 saturated heterocycles. The van der Waals surface area contributed by atoms with Gasteiger partial charge in [0, 0.05) is 5.69 Å². The van der Waals surface area contributed by atoms with Crippen molar-refractivity contribution < 1.29 is 13.6 Å². The van der Waals surface area contributed by atoms with E-state index in [0.29, 0.717) is 16.8 Å². The molecule has 0 unspecified atom stereocenters. The topological polar surface area (TPSA) is 41.1 Å². The second-order valence-electron chi connectivity index (χ2n) is 4.27. The molecule has 96 valence electrons. The third-order valence-corrected chi connectivity index (χ3v) is 3.02. The van der Waals surface area contributed by atoms with Gasteiger partial charge >= 0.3 is 0 Å². The van der Waals surface area contributed by atoms with Crippen LogP contribution in [0.15, 0.2) is 42.5 Å². The summed E-state index contributed by atoms with van der Waals surface area (Å²) in [6.07, 6.45) is -0.572. The fourth-order valence-electron chi connectivity index (χ4n) is 2.07. The molecule has 1 aliphatic heterocycles. The molecule has 0 bridgehead atoms. The van der Waals surface area contributed by atoms with Crippen LogP contribution in [0.1, 0.15) is 22.1 Å². The van der Waals surface area contributed by atoms with Gasteiger partial charge in [-0.05, 0) is 29.8 Å². The van der Waals surface area contributed by atoms with Gasteiger partial charge in [0.1, 0.15) is 6.17 Å². The minimum Gasteiger partial charge on any atom is -0.361 e. The fourth-order valence-corrected chi connectivity index (χ4v) is 2.07. The van der Waals surface area contributed by atoms with Crippen LogP contribution in [0.3, 0.4) is 0 Å². The molecule has 1 atom stereocenters. The Morgan fingerprint density at radius 1 is 0.947 bits per heavy atom. The van der Waals surface area contributed by atoms with E-state index in [1.165, 1.54) is 6.07 Å². The van der Waals surface area contributed by atoms with Crippen LogP contribution < -0.4 is 10.6 Å². The number of anilines is 1. The number of nitrogens with one attached hydrogen (secondary N) is 2. The van der Waals surface area contributed by atoms with Crippen molar-refractivity contribution in [1.82, 2.24) is 5.32 Å². The summed E-state index contributed by atoms with van der Waals surface area (Å²) in [5.41, 5.74) is 1.66. The maximum absolute atomic E-state index is 13.2. The van der Waals surface area contributed by atoms with E-state index in [1.54, 1.807) is 24.3 Å². The largest absolute Gasteiger partial charge is 0.361 e. The number of hydrogen-bond acceptors (Lipinski definition) is 2. The lowest BCUT2D eigenvalue weighted by Crippen LogP contribution is -2.38. The molecule has 19 heavy (non-hydrogen) atoms. The van der Waals surface area contributed by atoms with Crippen LogP contribution in [0, 0.1) is 11.6 Å². The van der Waals surface area contributed by atoms with E-state index in [2.05, 4.69) is 10.6 Å². The molecule has 0 aromatic heterocycles. The molecule has 0 aliphatic carbocycles. The molecule has 0 fully saturated rings. The number of amides is 1. The van der Waals surface area contributed by atoms with E-state index < -0.39 is 17.8 Å². The average molecular weight is 260 g/mol. The summed E-state index contributed by atoms with van der Waals surface area (Å²) >= 11 is 0. The first-order chi connectivity index (χ1) is 9.15. The monoisotopic (exact) mass is 260 g/mol. The van der Waals surface area contributed by atoms with Crippen molar-refractivity contribution >= 4 is 11.6 Å². The van der Waals surface area contributed by atoms with Crippen molar-refractivity contribution in [3.63, 3.8) is 0 Å². The first-order valence-electron chi connectivity index (χ1n) is 5.76. The van der Waals surface area contributed by atoms with E-state index in [-0.39, 0.29) is 5.91 Å². The zero-order chi connectivity index (χ0) is 13.4. The quantitative estimate of drug-likeness (QED) is 0.827. The Hall–Kier alpha value is -2.43. The highest BCUT2D eigenvalue weighted by molar-refractivity contribution is 6.01. The molecule has 0 radical (unpaired) electrons. The van der Waals surface area contributed by atoms with Gasteiger partial charge in [0.2, 0.25) is 0 Å². The summed E-state index contributed by atoms with van der Waals surface area (Å²) in [5, 5.41) is 5.77. The van der Waals surface area contributed by atoms with Crippen molar-refractivity contribution in [1.29, 1.82) is 0 Å². The van der Waals surface area contributed by atoms with Gasteiger partial charge in [-0.15, -0.1) is 0 Å². The average Bonchev–Trinajstić information content (AvgIpc) is 2.42. The van der Waals surface area contributed by atoms with Crippen LogP contribution in [0.25, 0.3) is 0 Å². The molecule has 1 aliphatic rings. The molecule has 0 saturated carbocycles. The molecule has 1 heterocycles. The Balaban J connectivity index is 1.96. The lowest BCUT2D eigenvalue weighted by molar-refractivity contribution is 0.0935.